The minimum absolute atomic E-state index is 0.122. The second-order valence-electron chi connectivity index (χ2n) is 4.59. The first-order valence-electron chi connectivity index (χ1n) is 6.14. The standard InChI is InChI=1S/C12H21NO3S/c1-17-9-5-6-10(14)13-12(11(15)16)7-3-2-4-8-12/h2-9H2,1H3,(H,13,14)(H,15,16). The highest BCUT2D eigenvalue weighted by molar-refractivity contribution is 7.98. The summed E-state index contributed by atoms with van der Waals surface area (Å²) in [6.07, 6.45) is 7.20. The van der Waals surface area contributed by atoms with Crippen LogP contribution in [-0.2, 0) is 9.59 Å². The molecule has 0 atom stereocenters. The molecule has 2 N–H and O–H groups in total. The molecule has 0 saturated heterocycles. The van der Waals surface area contributed by atoms with E-state index in [9.17, 15) is 14.7 Å². The number of carboxylic acids is 1. The Hall–Kier alpha value is -0.710. The van der Waals surface area contributed by atoms with Gasteiger partial charge in [-0.1, -0.05) is 19.3 Å². The van der Waals surface area contributed by atoms with Crippen LogP contribution in [0.1, 0.15) is 44.9 Å². The van der Waals surface area contributed by atoms with Gasteiger partial charge in [-0.25, -0.2) is 4.79 Å². The Bertz CT molecular complexity index is 275. The molecule has 0 unspecified atom stereocenters. The molecule has 1 rings (SSSR count). The van der Waals surface area contributed by atoms with E-state index in [0.29, 0.717) is 19.3 Å². The molecule has 1 fully saturated rings. The van der Waals surface area contributed by atoms with Crippen LogP contribution < -0.4 is 5.32 Å². The molecule has 0 aromatic heterocycles. The van der Waals surface area contributed by atoms with Gasteiger partial charge < -0.3 is 10.4 Å². The van der Waals surface area contributed by atoms with Crippen molar-refractivity contribution < 1.29 is 14.7 Å². The number of carbonyl (C=O) groups excluding carboxylic acids is 1. The fraction of sp³-hybridized carbons (Fsp3) is 0.833. The highest BCUT2D eigenvalue weighted by atomic mass is 32.2. The molecule has 5 heteroatoms. The van der Waals surface area contributed by atoms with E-state index in [1.807, 2.05) is 6.26 Å². The van der Waals surface area contributed by atoms with E-state index in [1.54, 1.807) is 11.8 Å². The molecule has 0 aromatic carbocycles. The first kappa shape index (κ1) is 14.4. The first-order valence-corrected chi connectivity index (χ1v) is 7.53. The van der Waals surface area contributed by atoms with Gasteiger partial charge in [0.2, 0.25) is 5.91 Å². The number of hydrogen-bond donors (Lipinski definition) is 2. The predicted octanol–water partition coefficient (Wildman–Crippen LogP) is 2.03. The zero-order chi connectivity index (χ0) is 12.7. The summed E-state index contributed by atoms with van der Waals surface area (Å²) < 4.78 is 0. The Balaban J connectivity index is 2.48. The first-order chi connectivity index (χ1) is 8.10. The molecule has 0 spiro atoms. The maximum absolute atomic E-state index is 11.7. The minimum atomic E-state index is -0.991. The topological polar surface area (TPSA) is 66.4 Å². The van der Waals surface area contributed by atoms with Crippen LogP contribution in [0.3, 0.4) is 0 Å². The van der Waals surface area contributed by atoms with Crippen molar-refractivity contribution in [3.05, 3.63) is 0 Å². The summed E-state index contributed by atoms with van der Waals surface area (Å²) in [4.78, 5) is 23.0. The number of nitrogens with one attached hydrogen (secondary N) is 1. The van der Waals surface area contributed by atoms with Gasteiger partial charge in [-0.3, -0.25) is 4.79 Å². The molecular weight excluding hydrogens is 238 g/mol. The van der Waals surface area contributed by atoms with Gasteiger partial charge in [0.15, 0.2) is 0 Å². The van der Waals surface area contributed by atoms with E-state index in [2.05, 4.69) is 5.32 Å². The molecule has 0 bridgehead atoms. The monoisotopic (exact) mass is 259 g/mol. The van der Waals surface area contributed by atoms with E-state index < -0.39 is 11.5 Å². The summed E-state index contributed by atoms with van der Waals surface area (Å²) in [7, 11) is 0. The van der Waals surface area contributed by atoms with Crippen molar-refractivity contribution in [2.45, 2.75) is 50.5 Å². The lowest BCUT2D eigenvalue weighted by atomic mass is 9.81. The Labute approximate surface area is 107 Å². The fourth-order valence-corrected chi connectivity index (χ4v) is 2.69. The number of amides is 1. The number of carboxylic acid groups (broad SMARTS) is 1. The van der Waals surface area contributed by atoms with Gasteiger partial charge >= 0.3 is 5.97 Å². The lowest BCUT2D eigenvalue weighted by Gasteiger charge is -2.34. The SMILES string of the molecule is CSCCCC(=O)NC1(C(=O)O)CCCCC1. The molecule has 1 amide bonds. The van der Waals surface area contributed by atoms with Crippen molar-refractivity contribution in [1.82, 2.24) is 5.32 Å². The normalized spacial score (nSPS) is 18.6. The van der Waals surface area contributed by atoms with Crippen LogP contribution in [0.4, 0.5) is 0 Å². The summed E-state index contributed by atoms with van der Waals surface area (Å²) in [5, 5.41) is 12.0. The average Bonchev–Trinajstić information content (AvgIpc) is 2.30. The van der Waals surface area contributed by atoms with Crippen molar-refractivity contribution in [1.29, 1.82) is 0 Å². The van der Waals surface area contributed by atoms with Crippen molar-refractivity contribution in [2.75, 3.05) is 12.0 Å². The molecule has 0 radical (unpaired) electrons. The number of aliphatic carboxylic acids is 1. The van der Waals surface area contributed by atoms with E-state index >= 15 is 0 Å². The lowest BCUT2D eigenvalue weighted by Crippen LogP contribution is -2.55. The van der Waals surface area contributed by atoms with Crippen LogP contribution in [0, 0.1) is 0 Å². The largest absolute Gasteiger partial charge is 0.480 e. The van der Waals surface area contributed by atoms with Gasteiger partial charge in [-0.2, -0.15) is 11.8 Å². The van der Waals surface area contributed by atoms with Gasteiger partial charge in [0.25, 0.3) is 0 Å². The van der Waals surface area contributed by atoms with Crippen molar-refractivity contribution in [3.63, 3.8) is 0 Å². The highest BCUT2D eigenvalue weighted by Crippen LogP contribution is 2.28. The Morgan fingerprint density at radius 3 is 2.47 bits per heavy atom. The third-order valence-corrected chi connectivity index (χ3v) is 3.94. The smallest absolute Gasteiger partial charge is 0.329 e. The van der Waals surface area contributed by atoms with Crippen molar-refractivity contribution in [2.24, 2.45) is 0 Å². The summed E-state index contributed by atoms with van der Waals surface area (Å²) in [5.41, 5.74) is -0.991. The van der Waals surface area contributed by atoms with Gasteiger partial charge in [-0.05, 0) is 31.3 Å². The van der Waals surface area contributed by atoms with E-state index in [0.717, 1.165) is 31.4 Å². The quantitative estimate of drug-likeness (QED) is 0.716. The molecule has 0 aromatic rings. The third-order valence-electron chi connectivity index (χ3n) is 3.25. The Kier molecular flexibility index (Phi) is 5.82. The van der Waals surface area contributed by atoms with Crippen LogP contribution in [0.2, 0.25) is 0 Å². The molecule has 0 aliphatic heterocycles. The number of rotatable bonds is 6. The van der Waals surface area contributed by atoms with E-state index in [-0.39, 0.29) is 5.91 Å². The second kappa shape index (κ2) is 6.89. The molecule has 98 valence electrons. The van der Waals surface area contributed by atoms with Crippen LogP contribution in [0.25, 0.3) is 0 Å². The Morgan fingerprint density at radius 1 is 1.29 bits per heavy atom. The van der Waals surface area contributed by atoms with Gasteiger partial charge in [0, 0.05) is 6.42 Å². The van der Waals surface area contributed by atoms with E-state index in [1.165, 1.54) is 0 Å². The van der Waals surface area contributed by atoms with Gasteiger partial charge in [-0.15, -0.1) is 0 Å². The maximum Gasteiger partial charge on any atom is 0.329 e. The lowest BCUT2D eigenvalue weighted by molar-refractivity contribution is -0.149. The minimum Gasteiger partial charge on any atom is -0.480 e. The molecule has 0 heterocycles. The molecular formula is C12H21NO3S. The van der Waals surface area contributed by atoms with Gasteiger partial charge in [0.05, 0.1) is 0 Å². The molecule has 1 aliphatic carbocycles. The second-order valence-corrected chi connectivity index (χ2v) is 5.58. The fourth-order valence-electron chi connectivity index (χ4n) is 2.25. The molecule has 17 heavy (non-hydrogen) atoms. The summed E-state index contributed by atoms with van der Waals surface area (Å²) >= 11 is 1.70. The van der Waals surface area contributed by atoms with Crippen LogP contribution in [0.15, 0.2) is 0 Å². The molecule has 4 nitrogen and oxygen atoms in total. The van der Waals surface area contributed by atoms with Crippen LogP contribution >= 0.6 is 11.8 Å². The van der Waals surface area contributed by atoms with Crippen LogP contribution in [-0.4, -0.2) is 34.5 Å². The van der Waals surface area contributed by atoms with Crippen molar-refractivity contribution >= 4 is 23.6 Å². The highest BCUT2D eigenvalue weighted by Gasteiger charge is 2.40. The summed E-state index contributed by atoms with van der Waals surface area (Å²) in [5.74, 6) is -0.0632. The Morgan fingerprint density at radius 2 is 1.94 bits per heavy atom. The van der Waals surface area contributed by atoms with Gasteiger partial charge in [0.1, 0.15) is 5.54 Å². The van der Waals surface area contributed by atoms with E-state index in [4.69, 9.17) is 0 Å². The molecule has 1 saturated carbocycles. The average molecular weight is 259 g/mol. The summed E-state index contributed by atoms with van der Waals surface area (Å²) in [6.45, 7) is 0. The third kappa shape index (κ3) is 4.22. The maximum atomic E-state index is 11.7. The number of carbonyl (C=O) groups is 2. The zero-order valence-electron chi connectivity index (χ0n) is 10.3. The number of thioether (sulfide) groups is 1. The summed E-state index contributed by atoms with van der Waals surface area (Å²) in [6, 6.07) is 0. The van der Waals surface area contributed by atoms with Crippen LogP contribution in [0.5, 0.6) is 0 Å². The zero-order valence-corrected chi connectivity index (χ0v) is 11.1. The predicted molar refractivity (Wildman–Crippen MR) is 69.2 cm³/mol. The molecule has 1 aliphatic rings. The van der Waals surface area contributed by atoms with Crippen molar-refractivity contribution in [3.8, 4) is 0 Å². The number of hydrogen-bond acceptors (Lipinski definition) is 3.